The van der Waals surface area contributed by atoms with Crippen LogP contribution in [0.5, 0.6) is 0 Å². The number of halogens is 6. The molecule has 2 amide bonds. The predicted molar refractivity (Wildman–Crippen MR) is 95.0 cm³/mol. The minimum absolute atomic E-state index is 0.104. The van der Waals surface area contributed by atoms with E-state index < -0.39 is 36.0 Å². The molecule has 2 N–H and O–H groups in total. The molecule has 2 heterocycles. The molecule has 0 unspecified atom stereocenters. The second-order valence-electron chi connectivity index (χ2n) is 7.53. The largest absolute Gasteiger partial charge is 0.434 e. The fourth-order valence-corrected chi connectivity index (χ4v) is 3.08. The number of nitrogens with one attached hydrogen (secondary N) is 2. The monoisotopic (exact) mass is 459 g/mol. The second-order valence-corrected chi connectivity index (χ2v) is 7.53. The number of imidazole rings is 1. The highest BCUT2D eigenvalue weighted by molar-refractivity contribution is 5.92. The Morgan fingerprint density at radius 1 is 1.19 bits per heavy atom. The number of aryl methyl sites for hydroxylation is 1. The number of ether oxygens (including phenoxy) is 1. The highest BCUT2D eigenvalue weighted by Gasteiger charge is 2.60. The highest BCUT2D eigenvalue weighted by Crippen LogP contribution is 2.36. The number of aromatic nitrogens is 2. The van der Waals surface area contributed by atoms with Crippen molar-refractivity contribution in [2.75, 3.05) is 20.1 Å². The molecule has 1 aromatic rings. The Labute approximate surface area is 173 Å². The van der Waals surface area contributed by atoms with Crippen LogP contribution >= 0.6 is 0 Å². The molecule has 14 heteroatoms. The van der Waals surface area contributed by atoms with Crippen LogP contribution in [0, 0.1) is 0 Å². The molecule has 1 aliphatic heterocycles. The van der Waals surface area contributed by atoms with Gasteiger partial charge in [0.25, 0.3) is 12.0 Å². The van der Waals surface area contributed by atoms with Gasteiger partial charge in [-0.2, -0.15) is 26.3 Å². The number of rotatable bonds is 5. The van der Waals surface area contributed by atoms with Crippen molar-refractivity contribution in [3.63, 3.8) is 0 Å². The van der Waals surface area contributed by atoms with Crippen molar-refractivity contribution in [2.45, 2.75) is 50.3 Å². The number of nitrogens with zero attached hydrogens (tertiary/aromatic N) is 3. The molecule has 1 aliphatic rings. The van der Waals surface area contributed by atoms with Gasteiger partial charge in [0.05, 0.1) is 6.54 Å². The summed E-state index contributed by atoms with van der Waals surface area (Å²) in [6.07, 6.45) is -15.7. The summed E-state index contributed by atoms with van der Waals surface area (Å²) >= 11 is 0. The molecule has 31 heavy (non-hydrogen) atoms. The fourth-order valence-electron chi connectivity index (χ4n) is 3.08. The van der Waals surface area contributed by atoms with Crippen LogP contribution in [-0.4, -0.2) is 70.6 Å². The molecule has 0 aliphatic carbocycles. The van der Waals surface area contributed by atoms with E-state index in [0.29, 0.717) is 12.4 Å². The van der Waals surface area contributed by atoms with Crippen LogP contribution in [0.25, 0.3) is 0 Å². The zero-order valence-corrected chi connectivity index (χ0v) is 17.0. The minimum Gasteiger partial charge on any atom is -0.426 e. The van der Waals surface area contributed by atoms with Crippen LogP contribution in [0.1, 0.15) is 36.1 Å². The maximum absolute atomic E-state index is 12.6. The number of hydrogen-bond acceptors (Lipinski definition) is 5. The van der Waals surface area contributed by atoms with E-state index >= 15 is 0 Å². The molecule has 1 aromatic heterocycles. The number of carbonyl (C=O) groups is 2. The Morgan fingerprint density at radius 3 is 2.23 bits per heavy atom. The zero-order valence-electron chi connectivity index (χ0n) is 17.0. The lowest BCUT2D eigenvalue weighted by atomic mass is 9.89. The number of alkyl halides is 6. The average molecular weight is 459 g/mol. The van der Waals surface area contributed by atoms with E-state index in [0.717, 1.165) is 4.90 Å². The average Bonchev–Trinajstić information content (AvgIpc) is 2.99. The van der Waals surface area contributed by atoms with Crippen molar-refractivity contribution in [3.05, 3.63) is 17.7 Å². The first-order valence-electron chi connectivity index (χ1n) is 9.24. The highest BCUT2D eigenvalue weighted by atomic mass is 19.4. The number of likely N-dealkylation sites (tertiary alicyclic amines) is 1. The van der Waals surface area contributed by atoms with Crippen LogP contribution in [0.4, 0.5) is 31.1 Å². The molecule has 0 bridgehead atoms. The van der Waals surface area contributed by atoms with Gasteiger partial charge >= 0.3 is 18.4 Å². The van der Waals surface area contributed by atoms with Crippen molar-refractivity contribution in [3.8, 4) is 0 Å². The Hall–Kier alpha value is -2.51. The maximum atomic E-state index is 12.6. The molecular formula is C17H23F6N5O3. The molecule has 0 spiro atoms. The lowest BCUT2D eigenvalue weighted by Gasteiger charge is -2.39. The standard InChI is InChI=1S/C17H23F6N5O3/c1-15(26-12(29)10-9-27(3)11(25-10)8-24-2)4-6-28(7-5-15)14(30)31-13(16(18,19)20)17(21,22)23/h9,13,24H,4-8H2,1-3H3,(H,26,29). The number of amides is 2. The van der Waals surface area contributed by atoms with Crippen LogP contribution in [0.3, 0.4) is 0 Å². The predicted octanol–water partition coefficient (Wildman–Crippen LogP) is 2.35. The van der Waals surface area contributed by atoms with E-state index in [1.165, 1.54) is 6.20 Å². The summed E-state index contributed by atoms with van der Waals surface area (Å²) in [7, 11) is 3.44. The van der Waals surface area contributed by atoms with Crippen molar-refractivity contribution >= 4 is 12.0 Å². The first-order valence-corrected chi connectivity index (χ1v) is 9.24. The van der Waals surface area contributed by atoms with Gasteiger partial charge in [0.2, 0.25) is 0 Å². The normalized spacial score (nSPS) is 17.0. The summed E-state index contributed by atoms with van der Waals surface area (Å²) in [6, 6.07) is 0. The maximum Gasteiger partial charge on any atom is 0.434 e. The van der Waals surface area contributed by atoms with Gasteiger partial charge in [-0.3, -0.25) is 4.79 Å². The first kappa shape index (κ1) is 24.8. The topological polar surface area (TPSA) is 88.5 Å². The SMILES string of the molecule is CNCc1nc(C(=O)NC2(C)CCN(C(=O)OC(C(F)(F)F)C(F)(F)F)CC2)cn1C. The molecule has 0 radical (unpaired) electrons. The summed E-state index contributed by atoms with van der Waals surface area (Å²) in [4.78, 5) is 29.3. The molecule has 1 saturated heterocycles. The lowest BCUT2D eigenvalue weighted by molar-refractivity contribution is -0.308. The summed E-state index contributed by atoms with van der Waals surface area (Å²) < 4.78 is 80.8. The van der Waals surface area contributed by atoms with Gasteiger partial charge < -0.3 is 24.8 Å². The molecule has 0 atom stereocenters. The van der Waals surface area contributed by atoms with Gasteiger partial charge in [0.1, 0.15) is 11.5 Å². The third-order valence-corrected chi connectivity index (χ3v) is 4.89. The van der Waals surface area contributed by atoms with Crippen LogP contribution in [0.2, 0.25) is 0 Å². The fraction of sp³-hybridized carbons (Fsp3) is 0.706. The minimum atomic E-state index is -5.78. The van der Waals surface area contributed by atoms with Gasteiger partial charge in [-0.25, -0.2) is 9.78 Å². The van der Waals surface area contributed by atoms with Gasteiger partial charge in [0, 0.05) is 31.9 Å². The Balaban J connectivity index is 1.97. The van der Waals surface area contributed by atoms with Crippen LogP contribution < -0.4 is 10.6 Å². The van der Waals surface area contributed by atoms with Gasteiger partial charge in [0.15, 0.2) is 0 Å². The smallest absolute Gasteiger partial charge is 0.426 e. The molecule has 0 aromatic carbocycles. The van der Waals surface area contributed by atoms with Gasteiger partial charge in [-0.05, 0) is 26.8 Å². The van der Waals surface area contributed by atoms with Crippen LogP contribution in [-0.2, 0) is 18.3 Å². The molecule has 0 saturated carbocycles. The van der Waals surface area contributed by atoms with Crippen LogP contribution in [0.15, 0.2) is 6.20 Å². The lowest BCUT2D eigenvalue weighted by Crippen LogP contribution is -2.55. The first-order chi connectivity index (χ1) is 14.2. The van der Waals surface area contributed by atoms with Gasteiger partial charge in [-0.15, -0.1) is 0 Å². The van der Waals surface area contributed by atoms with E-state index in [2.05, 4.69) is 20.4 Å². The summed E-state index contributed by atoms with van der Waals surface area (Å²) in [6.45, 7) is 1.73. The third-order valence-electron chi connectivity index (χ3n) is 4.89. The van der Waals surface area contributed by atoms with E-state index in [1.54, 1.807) is 25.6 Å². The van der Waals surface area contributed by atoms with Gasteiger partial charge in [-0.1, -0.05) is 0 Å². The van der Waals surface area contributed by atoms with Crippen molar-refractivity contribution in [2.24, 2.45) is 7.05 Å². The Bertz CT molecular complexity index is 785. The second kappa shape index (κ2) is 8.93. The van der Waals surface area contributed by atoms with Crippen molar-refractivity contribution in [1.29, 1.82) is 0 Å². The zero-order chi connectivity index (χ0) is 23.6. The van der Waals surface area contributed by atoms with Crippen molar-refractivity contribution < 1.29 is 40.7 Å². The number of hydrogen-bond donors (Lipinski definition) is 2. The Kier molecular flexibility index (Phi) is 7.13. The van der Waals surface area contributed by atoms with E-state index in [4.69, 9.17) is 0 Å². The molecular weight excluding hydrogens is 436 g/mol. The number of carbonyl (C=O) groups excluding carboxylic acids is 2. The molecule has 2 rings (SSSR count). The molecule has 176 valence electrons. The third kappa shape index (κ3) is 6.24. The molecule has 8 nitrogen and oxygen atoms in total. The summed E-state index contributed by atoms with van der Waals surface area (Å²) in [5.41, 5.74) is -0.670. The van der Waals surface area contributed by atoms with Crippen molar-refractivity contribution in [1.82, 2.24) is 25.1 Å². The quantitative estimate of drug-likeness (QED) is 0.661. The van der Waals surface area contributed by atoms with E-state index in [1.807, 2.05) is 0 Å². The number of piperidine rings is 1. The van der Waals surface area contributed by atoms with E-state index in [9.17, 15) is 35.9 Å². The summed E-state index contributed by atoms with van der Waals surface area (Å²) in [5.74, 6) is 0.143. The summed E-state index contributed by atoms with van der Waals surface area (Å²) in [5, 5.41) is 5.68. The molecule has 1 fully saturated rings. The van der Waals surface area contributed by atoms with E-state index in [-0.39, 0.29) is 31.6 Å². The Morgan fingerprint density at radius 2 is 1.74 bits per heavy atom.